The van der Waals surface area contributed by atoms with E-state index in [1.807, 2.05) is 0 Å². The topological polar surface area (TPSA) is 122 Å². The van der Waals surface area contributed by atoms with Gasteiger partial charge in [-0.3, -0.25) is 4.79 Å². The minimum atomic E-state index is -4.01. The summed E-state index contributed by atoms with van der Waals surface area (Å²) in [5.74, 6) is -0.626. The van der Waals surface area contributed by atoms with Gasteiger partial charge in [0.2, 0.25) is 15.9 Å². The number of thiol groups is 1. The fourth-order valence-corrected chi connectivity index (χ4v) is 6.07. The molecule has 1 aliphatic heterocycles. The molecule has 3 rings (SSSR count). The van der Waals surface area contributed by atoms with Gasteiger partial charge in [-0.05, 0) is 54.8 Å². The van der Waals surface area contributed by atoms with Crippen LogP contribution in [0.3, 0.4) is 0 Å². The summed E-state index contributed by atoms with van der Waals surface area (Å²) in [5.41, 5.74) is 0.688. The van der Waals surface area contributed by atoms with Gasteiger partial charge in [0.05, 0.1) is 18.6 Å². The number of hydrogen-bond donors (Lipinski definition) is 3. The van der Waals surface area contributed by atoms with Crippen molar-refractivity contribution in [1.29, 1.82) is 0 Å². The largest absolute Gasteiger partial charge is 0.508 e. The van der Waals surface area contributed by atoms with Crippen LogP contribution in [-0.4, -0.2) is 67.3 Å². The standard InChI is InChI=1S/C25H32N2O7S2/c1-3-4-13-34-19-9-11-21(12-10-19)36(31,32)27-16-20(35)15-23(27)24(29)26-22(25(30)33-2)14-17-5-7-18(28)8-6-17/h5-12,20,22-23,28,35H,3-4,13-16H2,1-2H3,(H,26,29)/t20-,22-,23-/m0/s1. The van der Waals surface area contributed by atoms with Crippen LogP contribution in [-0.2, 0) is 30.8 Å². The first-order valence-corrected chi connectivity index (χ1v) is 13.7. The maximum atomic E-state index is 13.4. The first-order chi connectivity index (χ1) is 17.1. The molecule has 3 atom stereocenters. The van der Waals surface area contributed by atoms with Crippen molar-refractivity contribution in [2.24, 2.45) is 0 Å². The van der Waals surface area contributed by atoms with E-state index in [0.29, 0.717) is 17.9 Å². The Morgan fingerprint density at radius 1 is 1.17 bits per heavy atom. The van der Waals surface area contributed by atoms with Gasteiger partial charge in [-0.2, -0.15) is 16.9 Å². The fraction of sp³-hybridized carbons (Fsp3) is 0.440. The van der Waals surface area contributed by atoms with E-state index in [2.05, 4.69) is 24.9 Å². The van der Waals surface area contributed by atoms with Gasteiger partial charge >= 0.3 is 5.97 Å². The van der Waals surface area contributed by atoms with Crippen molar-refractivity contribution >= 4 is 34.5 Å². The highest BCUT2D eigenvalue weighted by Gasteiger charge is 2.43. The van der Waals surface area contributed by atoms with Crippen LogP contribution in [0.2, 0.25) is 0 Å². The minimum Gasteiger partial charge on any atom is -0.508 e. The second-order valence-corrected chi connectivity index (χ2v) is 11.2. The number of carbonyl (C=O) groups excluding carboxylic acids is 2. The van der Waals surface area contributed by atoms with E-state index in [1.165, 1.54) is 31.4 Å². The van der Waals surface area contributed by atoms with Crippen LogP contribution in [0.4, 0.5) is 0 Å². The Kier molecular flexibility index (Phi) is 9.63. The molecule has 1 aliphatic rings. The molecule has 0 spiro atoms. The number of nitrogens with zero attached hydrogens (tertiary/aromatic N) is 1. The summed E-state index contributed by atoms with van der Waals surface area (Å²) in [6.45, 7) is 2.65. The number of ether oxygens (including phenoxy) is 2. The number of rotatable bonds is 11. The molecule has 36 heavy (non-hydrogen) atoms. The maximum Gasteiger partial charge on any atom is 0.328 e. The molecule has 2 N–H and O–H groups in total. The summed E-state index contributed by atoms with van der Waals surface area (Å²) in [7, 11) is -2.80. The third kappa shape index (κ3) is 6.92. The van der Waals surface area contributed by atoms with Crippen molar-refractivity contribution in [3.63, 3.8) is 0 Å². The average Bonchev–Trinajstić information content (AvgIpc) is 3.27. The summed E-state index contributed by atoms with van der Waals surface area (Å²) in [6.07, 6.45) is 2.19. The van der Waals surface area contributed by atoms with Crippen molar-refractivity contribution in [2.75, 3.05) is 20.3 Å². The lowest BCUT2D eigenvalue weighted by atomic mass is 10.0. The van der Waals surface area contributed by atoms with Crippen LogP contribution in [0.15, 0.2) is 53.4 Å². The Hall–Kier alpha value is -2.76. The minimum absolute atomic E-state index is 0.0409. The van der Waals surface area contributed by atoms with Gasteiger partial charge in [0.25, 0.3) is 0 Å². The van der Waals surface area contributed by atoms with Gasteiger partial charge in [0, 0.05) is 18.2 Å². The second-order valence-electron chi connectivity index (χ2n) is 8.61. The zero-order chi connectivity index (χ0) is 26.3. The number of methoxy groups -OCH3 is 1. The van der Waals surface area contributed by atoms with Crippen LogP contribution in [0.1, 0.15) is 31.7 Å². The first kappa shape index (κ1) is 27.8. The Morgan fingerprint density at radius 2 is 1.83 bits per heavy atom. The van der Waals surface area contributed by atoms with Crippen molar-refractivity contribution in [3.8, 4) is 11.5 Å². The van der Waals surface area contributed by atoms with E-state index in [4.69, 9.17) is 9.47 Å². The number of carbonyl (C=O) groups is 2. The number of sulfonamides is 1. The van der Waals surface area contributed by atoms with Gasteiger partial charge in [0.1, 0.15) is 23.6 Å². The van der Waals surface area contributed by atoms with Crippen LogP contribution >= 0.6 is 12.6 Å². The quantitative estimate of drug-likeness (QED) is 0.229. The Labute approximate surface area is 217 Å². The lowest BCUT2D eigenvalue weighted by Crippen LogP contribution is -2.51. The van der Waals surface area contributed by atoms with Crippen LogP contribution in [0, 0.1) is 0 Å². The van der Waals surface area contributed by atoms with Crippen molar-refractivity contribution in [3.05, 3.63) is 54.1 Å². The monoisotopic (exact) mass is 536 g/mol. The second kappa shape index (κ2) is 12.5. The zero-order valence-electron chi connectivity index (χ0n) is 20.3. The van der Waals surface area contributed by atoms with Gasteiger partial charge < -0.3 is 19.9 Å². The molecule has 1 heterocycles. The summed E-state index contributed by atoms with van der Waals surface area (Å²) in [6, 6.07) is 10.2. The number of unbranched alkanes of at least 4 members (excludes halogenated alkanes) is 1. The summed E-state index contributed by atoms with van der Waals surface area (Å²) >= 11 is 4.43. The molecule has 0 aliphatic carbocycles. The lowest BCUT2D eigenvalue weighted by Gasteiger charge is -2.25. The molecule has 196 valence electrons. The Bertz CT molecular complexity index is 1140. The maximum absolute atomic E-state index is 13.4. The smallest absolute Gasteiger partial charge is 0.328 e. The molecule has 1 amide bonds. The molecule has 9 nitrogen and oxygen atoms in total. The summed E-state index contributed by atoms with van der Waals surface area (Å²) < 4.78 is 38.4. The van der Waals surface area contributed by atoms with Crippen LogP contribution < -0.4 is 10.1 Å². The zero-order valence-corrected chi connectivity index (χ0v) is 22.0. The number of nitrogens with one attached hydrogen (secondary N) is 1. The average molecular weight is 537 g/mol. The molecule has 1 fully saturated rings. The van der Waals surface area contributed by atoms with E-state index in [1.54, 1.807) is 24.3 Å². The highest BCUT2D eigenvalue weighted by molar-refractivity contribution is 7.89. The number of esters is 1. The number of phenols is 1. The Balaban J connectivity index is 1.76. The highest BCUT2D eigenvalue weighted by atomic mass is 32.2. The van der Waals surface area contributed by atoms with E-state index < -0.39 is 34.0 Å². The Morgan fingerprint density at radius 3 is 2.44 bits per heavy atom. The van der Waals surface area contributed by atoms with Gasteiger partial charge in [0.15, 0.2) is 0 Å². The lowest BCUT2D eigenvalue weighted by molar-refractivity contribution is -0.145. The molecule has 0 bridgehead atoms. The molecule has 2 aromatic carbocycles. The number of hydrogen-bond acceptors (Lipinski definition) is 8. The number of amides is 1. The van der Waals surface area contributed by atoms with E-state index in [9.17, 15) is 23.1 Å². The van der Waals surface area contributed by atoms with Gasteiger partial charge in [-0.1, -0.05) is 25.5 Å². The molecular weight excluding hydrogens is 504 g/mol. The molecule has 2 aromatic rings. The predicted molar refractivity (Wildman–Crippen MR) is 138 cm³/mol. The summed E-state index contributed by atoms with van der Waals surface area (Å²) in [5, 5.41) is 11.8. The number of aromatic hydroxyl groups is 1. The van der Waals surface area contributed by atoms with E-state index in [-0.39, 0.29) is 35.3 Å². The van der Waals surface area contributed by atoms with Gasteiger partial charge in [-0.15, -0.1) is 0 Å². The molecule has 0 radical (unpaired) electrons. The molecule has 1 saturated heterocycles. The normalized spacial score (nSPS) is 19.0. The molecule has 0 saturated carbocycles. The molecule has 0 aromatic heterocycles. The van der Waals surface area contributed by atoms with Gasteiger partial charge in [-0.25, -0.2) is 13.2 Å². The van der Waals surface area contributed by atoms with Crippen molar-refractivity contribution in [1.82, 2.24) is 9.62 Å². The highest BCUT2D eigenvalue weighted by Crippen LogP contribution is 2.30. The van der Waals surface area contributed by atoms with Crippen molar-refractivity contribution in [2.45, 2.75) is 54.8 Å². The molecule has 11 heteroatoms. The number of benzene rings is 2. The molecular formula is C25H32N2O7S2. The summed E-state index contributed by atoms with van der Waals surface area (Å²) in [4.78, 5) is 25.7. The fourth-order valence-electron chi connectivity index (χ4n) is 3.94. The SMILES string of the molecule is CCCCOc1ccc(S(=O)(=O)N2C[C@@H](S)C[C@H]2C(=O)N[C@@H](Cc2ccc(O)cc2)C(=O)OC)cc1. The van der Waals surface area contributed by atoms with E-state index in [0.717, 1.165) is 17.1 Å². The third-order valence-electron chi connectivity index (χ3n) is 5.91. The third-order valence-corrected chi connectivity index (χ3v) is 8.17. The van der Waals surface area contributed by atoms with Crippen molar-refractivity contribution < 1.29 is 32.6 Å². The van der Waals surface area contributed by atoms with E-state index >= 15 is 0 Å². The predicted octanol–water partition coefficient (Wildman–Crippen LogP) is 2.53. The first-order valence-electron chi connectivity index (χ1n) is 11.7. The van der Waals surface area contributed by atoms with Crippen LogP contribution in [0.25, 0.3) is 0 Å². The number of phenolic OH excluding ortho intramolecular Hbond substituents is 1. The molecule has 0 unspecified atom stereocenters. The van der Waals surface area contributed by atoms with Crippen LogP contribution in [0.5, 0.6) is 11.5 Å².